The Kier molecular flexibility index (Phi) is 193. The number of hydrogen-bond donors (Lipinski definition) is 11. The number of rotatable bonds is 25. The van der Waals surface area contributed by atoms with Gasteiger partial charge in [-0.05, 0) is 198 Å². The molecule has 82 heavy (non-hydrogen) atoms. The van der Waals surface area contributed by atoms with Crippen molar-refractivity contribution >= 4 is 198 Å². The number of thiol groups is 11. The van der Waals surface area contributed by atoms with Crippen molar-refractivity contribution in [2.24, 2.45) is 5.92 Å². The third kappa shape index (κ3) is 104. The molecule has 0 fully saturated rings. The number of hydrogen-bond acceptors (Lipinski definition) is 16. The van der Waals surface area contributed by atoms with E-state index >= 15 is 0 Å². The topological polar surface area (TPSA) is 0 Å². The van der Waals surface area contributed by atoms with Crippen LogP contribution in [0.1, 0.15) is 256 Å². The molecule has 1 radical (unpaired) electrons. The predicted octanol–water partition coefficient (Wildman–Crippen LogP) is 29.4. The van der Waals surface area contributed by atoms with Crippen LogP contribution in [-0.2, 0) is 32.7 Å². The molecule has 0 heterocycles. The first kappa shape index (κ1) is 114. The van der Waals surface area contributed by atoms with E-state index in [2.05, 4.69) is 217 Å². The van der Waals surface area contributed by atoms with Crippen molar-refractivity contribution in [2.45, 2.75) is 247 Å². The fraction of sp³-hybridized carbons (Fsp3) is 0.785. The summed E-state index contributed by atoms with van der Waals surface area (Å²) in [5, 5.41) is 0. The van der Waals surface area contributed by atoms with Gasteiger partial charge < -0.3 is 0 Å². The van der Waals surface area contributed by atoms with Gasteiger partial charge in [-0.25, -0.2) is 0 Å². The summed E-state index contributed by atoms with van der Waals surface area (Å²) in [6, 6.07) is 0. The molecule has 1 rings (SSSR count). The molecular weight excluding hydrogens is 1380 g/mol. The second-order valence-corrected chi connectivity index (χ2v) is 19.5. The van der Waals surface area contributed by atoms with E-state index < -0.39 is 0 Å². The number of thioether (sulfide) groups is 5. The fourth-order valence-corrected chi connectivity index (χ4v) is 11.0. The van der Waals surface area contributed by atoms with Crippen molar-refractivity contribution < 1.29 is 42.4 Å². The summed E-state index contributed by atoms with van der Waals surface area (Å²) in [6.07, 6.45) is 45.2. The SMILES string of the molecule is C.CC.CC.CC.CS.CS.CS.CS.CS.CS.CS.CS.[3H]C(C)CCC(S)=C(CC)SC.[3H]C(C)CCC(SC)=C(CC)SC.[3H]C(C)CCCC1C(=C)[C-]=C(C)C1=C.[3H]CCCCC(S)=C(CC)SC.[3H]CCCCC(S)=C(CC)SC.[HH].[HH].[Y]. The molecule has 511 valence electrons. The molecule has 0 bridgehead atoms. The van der Waals surface area contributed by atoms with Gasteiger partial charge in [-0.15, -0.1) is 102 Å². The second-order valence-electron chi connectivity index (χ2n) is 13.4. The summed E-state index contributed by atoms with van der Waals surface area (Å²) in [5.74, 6) is 0.397. The Labute approximate surface area is 641 Å². The van der Waals surface area contributed by atoms with Gasteiger partial charge in [0.1, 0.15) is 0 Å². The summed E-state index contributed by atoms with van der Waals surface area (Å²) >= 11 is 50.6. The minimum Gasteiger partial charge on any atom is -0.192 e. The first-order valence-corrected chi connectivity index (χ1v) is 42.5. The quantitative estimate of drug-likeness (QED) is 0.0250. The minimum atomic E-state index is 0. The van der Waals surface area contributed by atoms with Gasteiger partial charge in [-0.1, -0.05) is 175 Å². The van der Waals surface area contributed by atoms with Crippen LogP contribution in [0.4, 0.5) is 0 Å². The molecule has 4 unspecified atom stereocenters. The van der Waals surface area contributed by atoms with Crippen molar-refractivity contribution in [3.63, 3.8) is 0 Å². The summed E-state index contributed by atoms with van der Waals surface area (Å²) in [4.78, 5) is 10.7. The van der Waals surface area contributed by atoms with Crippen LogP contribution in [0.3, 0.4) is 0 Å². The average Bonchev–Trinajstić information content (AvgIpc) is 3.80. The van der Waals surface area contributed by atoms with Crippen LogP contribution in [0.2, 0.25) is 0 Å². The van der Waals surface area contributed by atoms with Crippen LogP contribution < -0.4 is 0 Å². The van der Waals surface area contributed by atoms with E-state index in [0.29, 0.717) is 19.7 Å². The summed E-state index contributed by atoms with van der Waals surface area (Å²) < 4.78 is 36.2. The van der Waals surface area contributed by atoms with E-state index in [1.165, 1.54) is 44.8 Å². The summed E-state index contributed by atoms with van der Waals surface area (Å²) in [6.45, 7) is 37.7. The Morgan fingerprint density at radius 2 is 0.707 bits per heavy atom. The molecule has 0 amide bonds. The first-order chi connectivity index (χ1) is 40.8. The average molecular weight is 1540 g/mol. The normalized spacial score (nSPS) is 13.5. The van der Waals surface area contributed by atoms with E-state index in [-0.39, 0.29) is 62.2 Å². The zero-order valence-corrected chi connectivity index (χ0v) is 74.5. The van der Waals surface area contributed by atoms with Crippen LogP contribution in [0.25, 0.3) is 0 Å². The molecule has 0 aliphatic heterocycles. The van der Waals surface area contributed by atoms with E-state index in [0.717, 1.165) is 120 Å². The molecule has 0 aromatic carbocycles. The van der Waals surface area contributed by atoms with Gasteiger partial charge in [0.05, 0.1) is 0 Å². The van der Waals surface area contributed by atoms with Crippen LogP contribution in [0, 0.1) is 12.0 Å². The fourth-order valence-electron chi connectivity index (χ4n) is 5.52. The van der Waals surface area contributed by atoms with Crippen LogP contribution >= 0.6 is 198 Å². The Bertz CT molecular complexity index is 1320. The van der Waals surface area contributed by atoms with E-state index in [1.54, 1.807) is 85.3 Å². The molecule has 17 heteroatoms. The maximum absolute atomic E-state index is 7.46. The van der Waals surface area contributed by atoms with E-state index in [9.17, 15) is 0 Å². The van der Waals surface area contributed by atoms with E-state index in [4.69, 9.17) is 6.85 Å². The molecule has 1 aliphatic carbocycles. The zero-order valence-electron chi connectivity index (χ0n) is 62.7. The Morgan fingerprint density at radius 1 is 0.451 bits per heavy atom. The Morgan fingerprint density at radius 3 is 0.915 bits per heavy atom. The largest absolute Gasteiger partial charge is 0.192 e. The van der Waals surface area contributed by atoms with Crippen LogP contribution in [0.5, 0.6) is 0 Å². The molecule has 0 spiro atoms. The molecule has 0 N–H and O–H groups in total. The van der Waals surface area contributed by atoms with Crippen molar-refractivity contribution in [1.29, 1.82) is 0 Å². The molecular formula is C65H151S16Y-. The smallest absolute Gasteiger partial charge is 0.0264 e. The predicted molar refractivity (Wildman–Crippen MR) is 465 cm³/mol. The first-order valence-electron chi connectivity index (χ1n) is 31.0. The van der Waals surface area contributed by atoms with Crippen molar-refractivity contribution in [3.05, 3.63) is 75.2 Å². The van der Waals surface area contributed by atoms with Gasteiger partial charge in [0.25, 0.3) is 0 Å². The van der Waals surface area contributed by atoms with Gasteiger partial charge >= 0.3 is 0 Å². The minimum absolute atomic E-state index is 0. The molecule has 0 saturated heterocycles. The molecule has 1 aliphatic rings. The molecule has 0 aromatic heterocycles. The Hall–Kier alpha value is 4.88. The maximum atomic E-state index is 7.46. The monoisotopic (exact) mass is 1540 g/mol. The van der Waals surface area contributed by atoms with Crippen molar-refractivity contribution in [2.75, 3.05) is 81.3 Å². The zero-order chi connectivity index (χ0) is 71.3. The van der Waals surface area contributed by atoms with Crippen molar-refractivity contribution in [3.8, 4) is 0 Å². The Balaban J connectivity index is -0.0000000370. The van der Waals surface area contributed by atoms with Gasteiger partial charge in [0.2, 0.25) is 0 Å². The standard InChI is InChI=1S/C13H19.C10H20S2.3C9H18S2.3C2H6.8CH4S.CH4.Y.2H2/c1-5-6-7-8-13-11(3)9-10(2)12(13)4;1-5-7-8-10(12-4)9(6-2)11-3;3*1-4-6-7-8(10)9(5-2)11-3;11*1-2;;;;/h13H,3-8H2,1-2H3;5-8H2,1-4H3;3*10H,4-7H2,1-3H3;3*1-2H3;8*2H,1H3;1H4;;2*1H/q-1;;;;;;;;;;;;;;;;;;;/i2*5T;4T;2*1T;;;;;;;;;;;;;;;. The van der Waals surface area contributed by atoms with Gasteiger partial charge in [-0.2, -0.15) is 131 Å². The van der Waals surface area contributed by atoms with Gasteiger partial charge in [0, 0.05) is 42.4 Å². The number of allylic oxidation sites excluding steroid dienone is 12. The second kappa shape index (κ2) is 138. The van der Waals surface area contributed by atoms with Gasteiger partial charge in [-0.3, -0.25) is 0 Å². The van der Waals surface area contributed by atoms with E-state index in [1.807, 2.05) is 92.8 Å². The maximum Gasteiger partial charge on any atom is 0.0264 e. The van der Waals surface area contributed by atoms with Crippen molar-refractivity contribution in [1.82, 2.24) is 0 Å². The number of unbranched alkanes of at least 4 members (excludes halogenated alkanes) is 2. The van der Waals surface area contributed by atoms with Crippen LogP contribution in [-0.4, -0.2) is 81.3 Å². The van der Waals surface area contributed by atoms with Crippen LogP contribution in [0.15, 0.2) is 69.1 Å². The molecule has 4 atom stereocenters. The molecule has 0 saturated carbocycles. The van der Waals surface area contributed by atoms with Gasteiger partial charge in [0.15, 0.2) is 0 Å². The summed E-state index contributed by atoms with van der Waals surface area (Å²) in [7, 11) is 0. The third-order valence-electron chi connectivity index (χ3n) is 9.11. The molecule has 0 aromatic rings. The molecule has 0 nitrogen and oxygen atoms in total. The summed E-state index contributed by atoms with van der Waals surface area (Å²) in [5.41, 5.74) is 3.40. The third-order valence-corrected chi connectivity index (χ3v) is 16.2.